The summed E-state index contributed by atoms with van der Waals surface area (Å²) in [6.45, 7) is 4.63. The molecule has 1 aliphatic rings. The van der Waals surface area contributed by atoms with Crippen LogP contribution in [0.15, 0.2) is 48.5 Å². The van der Waals surface area contributed by atoms with E-state index >= 15 is 0 Å². The van der Waals surface area contributed by atoms with E-state index in [-0.39, 0.29) is 11.8 Å². The van der Waals surface area contributed by atoms with Crippen molar-refractivity contribution < 1.29 is 14.3 Å². The van der Waals surface area contributed by atoms with Gasteiger partial charge in [0.05, 0.1) is 30.4 Å². The Morgan fingerprint density at radius 2 is 1.93 bits per heavy atom. The van der Waals surface area contributed by atoms with Crippen LogP contribution in [0.2, 0.25) is 0 Å². The minimum Gasteiger partial charge on any atom is -0.495 e. The van der Waals surface area contributed by atoms with Gasteiger partial charge in [0.25, 0.3) is 0 Å². The fourth-order valence-electron chi connectivity index (χ4n) is 3.91. The van der Waals surface area contributed by atoms with Gasteiger partial charge in [-0.25, -0.2) is 4.98 Å². The molecule has 1 saturated heterocycles. The van der Waals surface area contributed by atoms with Gasteiger partial charge in [0.1, 0.15) is 11.6 Å². The molecule has 1 amide bonds. The second-order valence-electron chi connectivity index (χ2n) is 6.88. The third kappa shape index (κ3) is 3.36. The minimum atomic E-state index is 0.0337. The van der Waals surface area contributed by atoms with E-state index in [1.807, 2.05) is 54.3 Å². The van der Waals surface area contributed by atoms with E-state index in [1.165, 1.54) is 0 Å². The van der Waals surface area contributed by atoms with Crippen LogP contribution in [0, 0.1) is 0 Å². The van der Waals surface area contributed by atoms with Gasteiger partial charge in [-0.1, -0.05) is 24.3 Å². The molecule has 0 spiro atoms. The lowest BCUT2D eigenvalue weighted by Gasteiger charge is -2.19. The molecule has 3 aromatic rings. The molecule has 1 aromatic heterocycles. The molecule has 0 N–H and O–H groups in total. The number of rotatable bonds is 7. The van der Waals surface area contributed by atoms with Crippen molar-refractivity contribution in [2.75, 3.05) is 31.8 Å². The summed E-state index contributed by atoms with van der Waals surface area (Å²) < 4.78 is 13.2. The van der Waals surface area contributed by atoms with Crippen LogP contribution in [-0.2, 0) is 16.1 Å². The fourth-order valence-corrected chi connectivity index (χ4v) is 3.91. The third-order valence-corrected chi connectivity index (χ3v) is 5.21. The molecule has 1 aliphatic heterocycles. The van der Waals surface area contributed by atoms with Gasteiger partial charge in [0.2, 0.25) is 5.91 Å². The number of anilines is 1. The summed E-state index contributed by atoms with van der Waals surface area (Å²) >= 11 is 0. The SMILES string of the molecule is CCOCCn1c([C@H]2CC(=O)N(c3ccccc3OC)C2)nc2ccccc21. The van der Waals surface area contributed by atoms with Gasteiger partial charge < -0.3 is 18.9 Å². The van der Waals surface area contributed by atoms with Crippen LogP contribution < -0.4 is 9.64 Å². The largest absolute Gasteiger partial charge is 0.495 e. The summed E-state index contributed by atoms with van der Waals surface area (Å²) in [6, 6.07) is 15.8. The molecular weight excluding hydrogens is 354 g/mol. The Kier molecular flexibility index (Phi) is 5.30. The third-order valence-electron chi connectivity index (χ3n) is 5.21. The number of ether oxygens (including phenoxy) is 2. The van der Waals surface area contributed by atoms with Gasteiger partial charge in [-0.3, -0.25) is 4.79 Å². The molecule has 2 aromatic carbocycles. The van der Waals surface area contributed by atoms with Gasteiger partial charge in [-0.05, 0) is 31.2 Å². The molecule has 0 radical (unpaired) electrons. The Hall–Kier alpha value is -2.86. The smallest absolute Gasteiger partial charge is 0.227 e. The number of hydrogen-bond donors (Lipinski definition) is 0. The number of amides is 1. The number of methoxy groups -OCH3 is 1. The standard InChI is InChI=1S/C22H25N3O3/c1-3-28-13-12-24-18-9-5-4-8-17(18)23-22(24)16-14-21(26)25(15-16)19-10-6-7-11-20(19)27-2/h4-11,16H,3,12-15H2,1-2H3/t16-/m0/s1. The van der Waals surface area contributed by atoms with Crippen molar-refractivity contribution in [1.29, 1.82) is 0 Å². The number of nitrogens with zero attached hydrogens (tertiary/aromatic N) is 3. The first-order chi connectivity index (χ1) is 13.7. The van der Waals surface area contributed by atoms with E-state index in [1.54, 1.807) is 7.11 Å². The topological polar surface area (TPSA) is 56.6 Å². The number of carbonyl (C=O) groups excluding carboxylic acids is 1. The van der Waals surface area contributed by atoms with E-state index in [9.17, 15) is 4.79 Å². The van der Waals surface area contributed by atoms with Crippen LogP contribution in [0.5, 0.6) is 5.75 Å². The number of aromatic nitrogens is 2. The van der Waals surface area contributed by atoms with E-state index in [4.69, 9.17) is 14.5 Å². The number of imidazole rings is 1. The molecule has 6 heteroatoms. The van der Waals surface area contributed by atoms with Crippen LogP contribution >= 0.6 is 0 Å². The molecular formula is C22H25N3O3. The summed E-state index contributed by atoms with van der Waals surface area (Å²) in [5, 5.41) is 0. The predicted molar refractivity (Wildman–Crippen MR) is 109 cm³/mol. The molecule has 0 unspecified atom stereocenters. The van der Waals surface area contributed by atoms with Crippen LogP contribution in [0.25, 0.3) is 11.0 Å². The van der Waals surface area contributed by atoms with Crippen LogP contribution in [0.1, 0.15) is 25.1 Å². The maximum Gasteiger partial charge on any atom is 0.227 e. The van der Waals surface area contributed by atoms with Crippen molar-refractivity contribution >= 4 is 22.6 Å². The second-order valence-corrected chi connectivity index (χ2v) is 6.88. The summed E-state index contributed by atoms with van der Waals surface area (Å²) in [5.74, 6) is 1.79. The first kappa shape index (κ1) is 18.5. The zero-order chi connectivity index (χ0) is 19.5. The van der Waals surface area contributed by atoms with Crippen molar-refractivity contribution in [2.45, 2.75) is 25.8 Å². The number of fused-ring (bicyclic) bond motifs is 1. The number of para-hydroxylation sites is 4. The van der Waals surface area contributed by atoms with E-state index < -0.39 is 0 Å². The maximum absolute atomic E-state index is 12.8. The highest BCUT2D eigenvalue weighted by Gasteiger charge is 2.35. The lowest BCUT2D eigenvalue weighted by molar-refractivity contribution is -0.117. The van der Waals surface area contributed by atoms with Gasteiger partial charge >= 0.3 is 0 Å². The maximum atomic E-state index is 12.8. The quantitative estimate of drug-likeness (QED) is 0.589. The molecule has 0 saturated carbocycles. The highest BCUT2D eigenvalue weighted by molar-refractivity contribution is 5.97. The Labute approximate surface area is 164 Å². The summed E-state index contributed by atoms with van der Waals surface area (Å²) in [6.07, 6.45) is 0.440. The minimum absolute atomic E-state index is 0.0337. The first-order valence-corrected chi connectivity index (χ1v) is 9.69. The molecule has 6 nitrogen and oxygen atoms in total. The summed E-state index contributed by atoms with van der Waals surface area (Å²) in [4.78, 5) is 19.5. The van der Waals surface area contributed by atoms with Crippen molar-refractivity contribution in [1.82, 2.24) is 9.55 Å². The average Bonchev–Trinajstić information content (AvgIpc) is 3.29. The molecule has 2 heterocycles. The Bertz CT molecular complexity index is 982. The zero-order valence-electron chi connectivity index (χ0n) is 16.3. The van der Waals surface area contributed by atoms with Crippen molar-refractivity contribution in [3.63, 3.8) is 0 Å². The van der Waals surface area contributed by atoms with Crippen LogP contribution in [0.3, 0.4) is 0 Å². The number of carbonyl (C=O) groups is 1. The Morgan fingerprint density at radius 1 is 1.14 bits per heavy atom. The van der Waals surface area contributed by atoms with Gasteiger partial charge in [-0.15, -0.1) is 0 Å². The Balaban J connectivity index is 1.67. The van der Waals surface area contributed by atoms with E-state index in [0.29, 0.717) is 31.9 Å². The molecule has 4 rings (SSSR count). The molecule has 1 atom stereocenters. The van der Waals surface area contributed by atoms with Crippen molar-refractivity contribution in [3.05, 3.63) is 54.4 Å². The lowest BCUT2D eigenvalue weighted by Crippen LogP contribution is -2.25. The van der Waals surface area contributed by atoms with Crippen LogP contribution in [0.4, 0.5) is 5.69 Å². The fraction of sp³-hybridized carbons (Fsp3) is 0.364. The number of benzene rings is 2. The zero-order valence-corrected chi connectivity index (χ0v) is 16.3. The van der Waals surface area contributed by atoms with Gasteiger partial charge in [-0.2, -0.15) is 0 Å². The first-order valence-electron chi connectivity index (χ1n) is 9.69. The second kappa shape index (κ2) is 8.02. The molecule has 1 fully saturated rings. The summed E-state index contributed by atoms with van der Waals surface area (Å²) in [7, 11) is 1.63. The molecule has 0 aliphatic carbocycles. The monoisotopic (exact) mass is 379 g/mol. The molecule has 28 heavy (non-hydrogen) atoms. The summed E-state index contributed by atoms with van der Waals surface area (Å²) in [5.41, 5.74) is 2.85. The highest BCUT2D eigenvalue weighted by Crippen LogP contribution is 2.36. The molecule has 146 valence electrons. The van der Waals surface area contributed by atoms with E-state index in [0.717, 1.165) is 29.1 Å². The predicted octanol–water partition coefficient (Wildman–Crippen LogP) is 3.60. The van der Waals surface area contributed by atoms with Gasteiger partial charge in [0.15, 0.2) is 0 Å². The molecule has 0 bridgehead atoms. The van der Waals surface area contributed by atoms with Crippen molar-refractivity contribution in [3.8, 4) is 5.75 Å². The normalized spacial score (nSPS) is 16.9. The number of hydrogen-bond acceptors (Lipinski definition) is 4. The Morgan fingerprint density at radius 3 is 2.75 bits per heavy atom. The highest BCUT2D eigenvalue weighted by atomic mass is 16.5. The van der Waals surface area contributed by atoms with Crippen LogP contribution in [-0.4, -0.2) is 42.3 Å². The van der Waals surface area contributed by atoms with E-state index in [2.05, 4.69) is 10.6 Å². The van der Waals surface area contributed by atoms with Gasteiger partial charge in [0, 0.05) is 32.0 Å². The van der Waals surface area contributed by atoms with Crippen molar-refractivity contribution in [2.24, 2.45) is 0 Å². The lowest BCUT2D eigenvalue weighted by atomic mass is 10.1. The average molecular weight is 379 g/mol.